The Bertz CT molecular complexity index is 946. The number of nitrogens with one attached hydrogen (secondary N) is 1. The van der Waals surface area contributed by atoms with Crippen LogP contribution in [-0.2, 0) is 9.19 Å². The molecular weight excluding hydrogens is 393 g/mol. The topological polar surface area (TPSA) is 103 Å². The standard InChI is InChI=1S/C20H28N3O5P/c1-7-9-17(8-2)29(25,28-23-20-21-12-14(4)15(5)22-20)27-16-10-13(3)19(24)18(11-16)26-6/h9-12,24H,7-8H2,1-6H3,(H,21,22,23)/b17-9+. The SMILES string of the molecule is CC/C=C(\CC)P(=O)(ONc1ncc(C)c(C)n1)Oc1cc(C)c(O)c(OC)c1. The van der Waals surface area contributed by atoms with E-state index in [1.54, 1.807) is 19.2 Å². The molecule has 29 heavy (non-hydrogen) atoms. The molecule has 0 saturated heterocycles. The first-order valence-corrected chi connectivity index (χ1v) is 10.9. The van der Waals surface area contributed by atoms with E-state index in [0.29, 0.717) is 23.7 Å². The summed E-state index contributed by atoms with van der Waals surface area (Å²) in [6.45, 7) is 9.25. The number of allylic oxidation sites excluding steroid dienone is 2. The quantitative estimate of drug-likeness (QED) is 0.408. The van der Waals surface area contributed by atoms with Crippen molar-refractivity contribution in [3.8, 4) is 17.2 Å². The van der Waals surface area contributed by atoms with Crippen molar-refractivity contribution >= 4 is 13.5 Å². The maximum atomic E-state index is 13.7. The predicted octanol–water partition coefficient (Wildman–Crippen LogP) is 5.44. The number of phenols is 1. The number of hydrogen-bond acceptors (Lipinski definition) is 8. The highest BCUT2D eigenvalue weighted by molar-refractivity contribution is 7.58. The maximum Gasteiger partial charge on any atom is 0.427 e. The van der Waals surface area contributed by atoms with Crippen LogP contribution in [0.2, 0.25) is 0 Å². The summed E-state index contributed by atoms with van der Waals surface area (Å²) >= 11 is 0. The first kappa shape index (κ1) is 22.7. The van der Waals surface area contributed by atoms with Crippen LogP contribution in [0.3, 0.4) is 0 Å². The summed E-state index contributed by atoms with van der Waals surface area (Å²) in [6.07, 6.45) is 4.59. The van der Waals surface area contributed by atoms with Gasteiger partial charge in [0.25, 0.3) is 0 Å². The molecule has 0 bridgehead atoms. The van der Waals surface area contributed by atoms with Gasteiger partial charge in [-0.15, -0.1) is 0 Å². The van der Waals surface area contributed by atoms with Gasteiger partial charge in [0.1, 0.15) is 5.75 Å². The Hall–Kier alpha value is -2.57. The summed E-state index contributed by atoms with van der Waals surface area (Å²) in [5, 5.41) is 10.6. The van der Waals surface area contributed by atoms with E-state index < -0.39 is 7.60 Å². The molecule has 1 aromatic carbocycles. The van der Waals surface area contributed by atoms with E-state index in [4.69, 9.17) is 13.9 Å². The van der Waals surface area contributed by atoms with Crippen LogP contribution in [0.15, 0.2) is 29.7 Å². The highest BCUT2D eigenvalue weighted by Gasteiger charge is 2.32. The number of rotatable bonds is 9. The van der Waals surface area contributed by atoms with E-state index in [9.17, 15) is 9.67 Å². The number of nitrogens with zero attached hydrogens (tertiary/aromatic N) is 2. The van der Waals surface area contributed by atoms with E-state index in [-0.39, 0.29) is 23.2 Å². The average molecular weight is 421 g/mol. The van der Waals surface area contributed by atoms with Crippen LogP contribution in [0.25, 0.3) is 0 Å². The van der Waals surface area contributed by atoms with Crippen molar-refractivity contribution in [3.05, 3.63) is 46.5 Å². The molecule has 0 fully saturated rings. The number of hydrogen-bond donors (Lipinski definition) is 2. The van der Waals surface area contributed by atoms with E-state index in [1.807, 2.05) is 33.8 Å². The lowest BCUT2D eigenvalue weighted by atomic mass is 10.2. The van der Waals surface area contributed by atoms with E-state index in [2.05, 4.69) is 15.4 Å². The fraction of sp³-hybridized carbons (Fsp3) is 0.400. The summed E-state index contributed by atoms with van der Waals surface area (Å²) in [6, 6.07) is 3.03. The van der Waals surface area contributed by atoms with E-state index >= 15 is 0 Å². The van der Waals surface area contributed by atoms with Crippen molar-refractivity contribution in [3.63, 3.8) is 0 Å². The number of phenolic OH excluding ortho intramolecular Hbond substituents is 1. The van der Waals surface area contributed by atoms with Crippen LogP contribution in [-0.4, -0.2) is 22.2 Å². The Kier molecular flexibility index (Phi) is 7.65. The van der Waals surface area contributed by atoms with Gasteiger partial charge in [-0.25, -0.2) is 20.0 Å². The second-order valence-electron chi connectivity index (χ2n) is 6.49. The molecule has 0 radical (unpaired) electrons. The molecule has 1 unspecified atom stereocenters. The van der Waals surface area contributed by atoms with E-state index in [1.165, 1.54) is 13.2 Å². The fourth-order valence-corrected chi connectivity index (χ4v) is 4.21. The second kappa shape index (κ2) is 9.76. The number of benzene rings is 1. The normalized spacial score (nSPS) is 13.7. The summed E-state index contributed by atoms with van der Waals surface area (Å²) in [4.78, 5) is 8.41. The fourth-order valence-electron chi connectivity index (χ4n) is 2.56. The van der Waals surface area contributed by atoms with Crippen LogP contribution in [0.5, 0.6) is 17.2 Å². The molecule has 0 saturated carbocycles. The minimum Gasteiger partial charge on any atom is -0.504 e. The molecule has 8 nitrogen and oxygen atoms in total. The van der Waals surface area contributed by atoms with Gasteiger partial charge in [0.15, 0.2) is 11.5 Å². The third kappa shape index (κ3) is 5.49. The average Bonchev–Trinajstić information content (AvgIpc) is 2.69. The third-order valence-corrected chi connectivity index (χ3v) is 6.31. The smallest absolute Gasteiger partial charge is 0.427 e. The number of aromatic hydroxyl groups is 1. The van der Waals surface area contributed by atoms with Crippen LogP contribution < -0.4 is 14.7 Å². The van der Waals surface area contributed by atoms with Gasteiger partial charge in [0.05, 0.1) is 12.4 Å². The number of ether oxygens (including phenoxy) is 1. The largest absolute Gasteiger partial charge is 0.504 e. The zero-order valence-corrected chi connectivity index (χ0v) is 18.5. The molecular formula is C20H28N3O5P. The monoisotopic (exact) mass is 421 g/mol. The van der Waals surface area contributed by atoms with Gasteiger partial charge in [0.2, 0.25) is 5.95 Å². The molecule has 1 heterocycles. The Balaban J connectivity index is 2.38. The molecule has 158 valence electrons. The molecule has 0 aliphatic carbocycles. The van der Waals surface area contributed by atoms with Crippen LogP contribution >= 0.6 is 7.60 Å². The second-order valence-corrected chi connectivity index (χ2v) is 8.43. The van der Waals surface area contributed by atoms with Crippen molar-refractivity contribution in [2.24, 2.45) is 0 Å². The van der Waals surface area contributed by atoms with Crippen molar-refractivity contribution < 1.29 is 23.6 Å². The molecule has 2 N–H and O–H groups in total. The Morgan fingerprint density at radius 3 is 2.55 bits per heavy atom. The molecule has 1 atom stereocenters. The first-order valence-electron chi connectivity index (χ1n) is 9.35. The zero-order chi connectivity index (χ0) is 21.6. The lowest BCUT2D eigenvalue weighted by Gasteiger charge is -2.22. The number of methoxy groups -OCH3 is 1. The summed E-state index contributed by atoms with van der Waals surface area (Å²) < 4.78 is 30.2. The predicted molar refractivity (Wildman–Crippen MR) is 113 cm³/mol. The van der Waals surface area contributed by atoms with Crippen LogP contribution in [0, 0.1) is 20.8 Å². The van der Waals surface area contributed by atoms with Gasteiger partial charge in [0, 0.05) is 18.0 Å². The summed E-state index contributed by atoms with van der Waals surface area (Å²) in [5.74, 6) is 0.647. The molecule has 9 heteroatoms. The van der Waals surface area contributed by atoms with Crippen LogP contribution in [0.1, 0.15) is 43.5 Å². The highest BCUT2D eigenvalue weighted by Crippen LogP contribution is 2.57. The third-order valence-electron chi connectivity index (χ3n) is 4.32. The number of aromatic nitrogens is 2. The lowest BCUT2D eigenvalue weighted by molar-refractivity contribution is 0.319. The van der Waals surface area contributed by atoms with Crippen molar-refractivity contribution in [1.82, 2.24) is 9.97 Å². The lowest BCUT2D eigenvalue weighted by Crippen LogP contribution is -2.09. The van der Waals surface area contributed by atoms with Crippen molar-refractivity contribution in [2.75, 3.05) is 12.6 Å². The molecule has 1 aromatic heterocycles. The van der Waals surface area contributed by atoms with Gasteiger partial charge in [-0.05, 0) is 50.8 Å². The molecule has 0 aliphatic heterocycles. The molecule has 0 spiro atoms. The van der Waals surface area contributed by atoms with Gasteiger partial charge in [-0.2, -0.15) is 4.62 Å². The van der Waals surface area contributed by atoms with Gasteiger partial charge in [-0.3, -0.25) is 0 Å². The Morgan fingerprint density at radius 1 is 1.24 bits per heavy atom. The number of aryl methyl sites for hydroxylation is 3. The number of anilines is 1. The minimum atomic E-state index is -3.79. The van der Waals surface area contributed by atoms with Gasteiger partial charge >= 0.3 is 7.60 Å². The van der Waals surface area contributed by atoms with E-state index in [0.717, 1.165) is 11.3 Å². The first-order chi connectivity index (χ1) is 13.7. The summed E-state index contributed by atoms with van der Waals surface area (Å²) in [5.41, 5.74) is 4.80. The molecule has 0 aliphatic rings. The Morgan fingerprint density at radius 2 is 1.97 bits per heavy atom. The minimum absolute atomic E-state index is 0.00271. The van der Waals surface area contributed by atoms with Gasteiger partial charge < -0.3 is 14.4 Å². The van der Waals surface area contributed by atoms with Gasteiger partial charge in [-0.1, -0.05) is 19.9 Å². The molecule has 2 rings (SSSR count). The Labute approximate surface area is 171 Å². The van der Waals surface area contributed by atoms with Crippen molar-refractivity contribution in [1.29, 1.82) is 0 Å². The molecule has 0 amide bonds. The van der Waals surface area contributed by atoms with Crippen molar-refractivity contribution in [2.45, 2.75) is 47.5 Å². The summed E-state index contributed by atoms with van der Waals surface area (Å²) in [7, 11) is -2.36. The molecule has 2 aromatic rings. The van der Waals surface area contributed by atoms with Crippen LogP contribution in [0.4, 0.5) is 5.95 Å². The maximum absolute atomic E-state index is 13.7. The zero-order valence-electron chi connectivity index (χ0n) is 17.6. The highest BCUT2D eigenvalue weighted by atomic mass is 31.2.